The Balaban J connectivity index is 2.41. The molecule has 2 rings (SSSR count). The summed E-state index contributed by atoms with van der Waals surface area (Å²) >= 11 is 0. The minimum absolute atomic E-state index is 1.00. The van der Waals surface area contributed by atoms with Crippen molar-refractivity contribution in [3.8, 4) is 12.3 Å². The Morgan fingerprint density at radius 3 is 2.59 bits per heavy atom. The molecule has 0 fully saturated rings. The van der Waals surface area contributed by atoms with Gasteiger partial charge in [-0.3, -0.25) is 0 Å². The van der Waals surface area contributed by atoms with Crippen molar-refractivity contribution in [2.75, 3.05) is 0 Å². The Bertz CT molecular complexity index is 815. The van der Waals surface area contributed by atoms with Crippen LogP contribution in [-0.4, -0.2) is 0 Å². The van der Waals surface area contributed by atoms with E-state index >= 15 is 0 Å². The van der Waals surface area contributed by atoms with Gasteiger partial charge < -0.3 is 0 Å². The Morgan fingerprint density at radius 1 is 1.14 bits per heavy atom. The zero-order valence-electron chi connectivity index (χ0n) is 13.1. The van der Waals surface area contributed by atoms with Crippen LogP contribution in [0.25, 0.3) is 16.3 Å². The van der Waals surface area contributed by atoms with E-state index in [4.69, 9.17) is 6.42 Å². The molecule has 2 aromatic rings. The smallest absolute Gasteiger partial charge is 0.0106 e. The number of rotatable bonds is 4. The quantitative estimate of drug-likeness (QED) is 0.482. The maximum atomic E-state index is 5.29. The third kappa shape index (κ3) is 3.45. The minimum Gasteiger partial charge on any atom is -0.115 e. The topological polar surface area (TPSA) is 0 Å². The van der Waals surface area contributed by atoms with Crippen molar-refractivity contribution in [2.45, 2.75) is 13.8 Å². The van der Waals surface area contributed by atoms with Crippen LogP contribution in [0.1, 0.15) is 19.4 Å². The fraction of sp³-hybridized carbons (Fsp3) is 0.0909. The average Bonchev–Trinajstić information content (AvgIpc) is 2.55. The van der Waals surface area contributed by atoms with Gasteiger partial charge in [-0.05, 0) is 59.1 Å². The fourth-order valence-electron chi connectivity index (χ4n) is 2.52. The van der Waals surface area contributed by atoms with E-state index in [1.54, 1.807) is 6.08 Å². The van der Waals surface area contributed by atoms with Crippen molar-refractivity contribution in [1.29, 1.82) is 0 Å². The molecule has 0 aliphatic rings. The Labute approximate surface area is 133 Å². The van der Waals surface area contributed by atoms with Gasteiger partial charge in [-0.1, -0.05) is 67.1 Å². The highest BCUT2D eigenvalue weighted by Crippen LogP contribution is 2.26. The highest BCUT2D eigenvalue weighted by molar-refractivity contribution is 5.95. The van der Waals surface area contributed by atoms with Crippen LogP contribution in [0, 0.1) is 12.3 Å². The first kappa shape index (κ1) is 15.6. The first-order valence-corrected chi connectivity index (χ1v) is 7.32. The second-order valence-electron chi connectivity index (χ2n) is 5.12. The molecule has 0 N–H and O–H groups in total. The predicted octanol–water partition coefficient (Wildman–Crippen LogP) is 5.94. The summed E-state index contributed by atoms with van der Waals surface area (Å²) in [6.45, 7) is 8.33. The lowest BCUT2D eigenvalue weighted by Gasteiger charge is -2.08. The molecule has 108 valence electrons. The van der Waals surface area contributed by atoms with Crippen molar-refractivity contribution in [1.82, 2.24) is 0 Å². The van der Waals surface area contributed by atoms with E-state index in [1.165, 1.54) is 10.8 Å². The summed E-state index contributed by atoms with van der Waals surface area (Å²) in [4.78, 5) is 0. The van der Waals surface area contributed by atoms with E-state index in [0.717, 1.165) is 22.3 Å². The number of hydrogen-bond acceptors (Lipinski definition) is 0. The lowest BCUT2D eigenvalue weighted by atomic mass is 9.96. The highest BCUT2D eigenvalue weighted by atomic mass is 14.1. The molecular formula is C22H20. The highest BCUT2D eigenvalue weighted by Gasteiger charge is 2.03. The standard InChI is InChI=1S/C22H20/c1-5-7-11-19(6-2)17(3)16-18(4)21-15-10-13-20-12-8-9-14-22(20)21/h1,6-16H,4H2,2-3H3/b11-7-,17-16+,19-6+. The molecule has 0 heteroatoms. The normalized spacial score (nSPS) is 12.6. The van der Waals surface area contributed by atoms with Gasteiger partial charge in [0, 0.05) is 0 Å². The van der Waals surface area contributed by atoms with Crippen molar-refractivity contribution >= 4 is 16.3 Å². The third-order valence-electron chi connectivity index (χ3n) is 3.65. The fourth-order valence-corrected chi connectivity index (χ4v) is 2.52. The molecule has 0 bridgehead atoms. The van der Waals surface area contributed by atoms with Crippen LogP contribution in [0.5, 0.6) is 0 Å². The molecule has 0 aromatic heterocycles. The van der Waals surface area contributed by atoms with E-state index in [9.17, 15) is 0 Å². The summed E-state index contributed by atoms with van der Waals surface area (Å²) in [6, 6.07) is 14.7. The Morgan fingerprint density at radius 2 is 1.86 bits per heavy atom. The maximum Gasteiger partial charge on any atom is -0.0106 e. The SMILES string of the molecule is C#C\C=C/C(=C\C)C(/C)=C/C(=C)c1cccc2ccccc12. The number of fused-ring (bicyclic) bond motifs is 1. The monoisotopic (exact) mass is 284 g/mol. The van der Waals surface area contributed by atoms with Gasteiger partial charge in [0.2, 0.25) is 0 Å². The summed E-state index contributed by atoms with van der Waals surface area (Å²) < 4.78 is 0. The van der Waals surface area contributed by atoms with Crippen molar-refractivity contribution in [3.05, 3.63) is 90.1 Å². The summed E-state index contributed by atoms with van der Waals surface area (Å²) in [5, 5.41) is 2.45. The van der Waals surface area contributed by atoms with Gasteiger partial charge in [-0.2, -0.15) is 0 Å². The van der Waals surface area contributed by atoms with Gasteiger partial charge in [-0.15, -0.1) is 6.42 Å². The van der Waals surface area contributed by atoms with E-state index in [1.807, 2.05) is 13.0 Å². The molecule has 0 aliphatic heterocycles. The summed E-state index contributed by atoms with van der Waals surface area (Å²) in [6.07, 6.45) is 13.1. The second kappa shape index (κ2) is 7.29. The average molecular weight is 284 g/mol. The van der Waals surface area contributed by atoms with Gasteiger partial charge in [0.25, 0.3) is 0 Å². The lowest BCUT2D eigenvalue weighted by Crippen LogP contribution is -1.86. The van der Waals surface area contributed by atoms with Crippen LogP contribution in [0.2, 0.25) is 0 Å². The number of hydrogen-bond donors (Lipinski definition) is 0. The maximum absolute atomic E-state index is 5.29. The molecule has 0 atom stereocenters. The van der Waals surface area contributed by atoms with E-state index in [2.05, 4.69) is 74.0 Å². The number of terminal acetylenes is 1. The molecule has 0 unspecified atom stereocenters. The summed E-state index contributed by atoms with van der Waals surface area (Å²) in [5.41, 5.74) is 4.42. The molecule has 2 aromatic carbocycles. The van der Waals surface area contributed by atoms with Crippen molar-refractivity contribution in [2.24, 2.45) is 0 Å². The Kier molecular flexibility index (Phi) is 5.17. The van der Waals surface area contributed by atoms with Crippen molar-refractivity contribution < 1.29 is 0 Å². The lowest BCUT2D eigenvalue weighted by molar-refractivity contribution is 1.41. The van der Waals surface area contributed by atoms with Crippen molar-refractivity contribution in [3.63, 3.8) is 0 Å². The molecular weight excluding hydrogens is 264 g/mol. The van der Waals surface area contributed by atoms with E-state index in [-0.39, 0.29) is 0 Å². The minimum atomic E-state index is 1.00. The van der Waals surface area contributed by atoms with Crippen LogP contribution >= 0.6 is 0 Å². The number of benzene rings is 2. The van der Waals surface area contributed by atoms with Crippen LogP contribution in [0.15, 0.2) is 84.5 Å². The summed E-state index contributed by atoms with van der Waals surface area (Å²) in [7, 11) is 0. The van der Waals surface area contributed by atoms with Gasteiger partial charge >= 0.3 is 0 Å². The molecule has 0 radical (unpaired) electrons. The first-order valence-electron chi connectivity index (χ1n) is 7.32. The van der Waals surface area contributed by atoms with Crippen LogP contribution < -0.4 is 0 Å². The molecule has 0 heterocycles. The predicted molar refractivity (Wildman–Crippen MR) is 98.5 cm³/mol. The van der Waals surface area contributed by atoms with Gasteiger partial charge in [0.15, 0.2) is 0 Å². The molecule has 0 saturated carbocycles. The molecule has 0 saturated heterocycles. The Hall–Kier alpha value is -2.78. The van der Waals surface area contributed by atoms with Gasteiger partial charge in [0.1, 0.15) is 0 Å². The van der Waals surface area contributed by atoms with E-state index < -0.39 is 0 Å². The summed E-state index contributed by atoms with van der Waals surface area (Å²) in [5.74, 6) is 2.53. The molecule has 0 amide bonds. The van der Waals surface area contributed by atoms with E-state index in [0.29, 0.717) is 0 Å². The first-order chi connectivity index (χ1) is 10.7. The third-order valence-corrected chi connectivity index (χ3v) is 3.65. The van der Waals surface area contributed by atoms with Crippen LogP contribution in [0.3, 0.4) is 0 Å². The zero-order chi connectivity index (χ0) is 15.9. The van der Waals surface area contributed by atoms with Gasteiger partial charge in [-0.25, -0.2) is 0 Å². The van der Waals surface area contributed by atoms with Gasteiger partial charge in [0.05, 0.1) is 0 Å². The molecule has 0 spiro atoms. The second-order valence-corrected chi connectivity index (χ2v) is 5.12. The molecule has 0 nitrogen and oxygen atoms in total. The van der Waals surface area contributed by atoms with Crippen LogP contribution in [-0.2, 0) is 0 Å². The molecule has 22 heavy (non-hydrogen) atoms. The van der Waals surface area contributed by atoms with Crippen LogP contribution in [0.4, 0.5) is 0 Å². The molecule has 0 aliphatic carbocycles. The number of allylic oxidation sites excluding steroid dienone is 7. The largest absolute Gasteiger partial charge is 0.115 e. The zero-order valence-corrected chi connectivity index (χ0v) is 13.1.